The molecule has 126 valence electrons. The van der Waals surface area contributed by atoms with E-state index in [-0.39, 0.29) is 5.91 Å². The SMILES string of the molecule is CCc1ccc(NC(=O)c2cnc(Nc3ccccc3C)nc2)cc1. The largest absolute Gasteiger partial charge is 0.324 e. The van der Waals surface area contributed by atoms with E-state index in [1.54, 1.807) is 0 Å². The summed E-state index contributed by atoms with van der Waals surface area (Å²) in [6.07, 6.45) is 4.00. The molecule has 2 N–H and O–H groups in total. The minimum absolute atomic E-state index is 0.230. The van der Waals surface area contributed by atoms with Gasteiger partial charge in [0.2, 0.25) is 5.95 Å². The van der Waals surface area contributed by atoms with Gasteiger partial charge < -0.3 is 10.6 Å². The van der Waals surface area contributed by atoms with Crippen LogP contribution in [0.5, 0.6) is 0 Å². The number of rotatable bonds is 5. The van der Waals surface area contributed by atoms with E-state index in [9.17, 15) is 4.79 Å². The fraction of sp³-hybridized carbons (Fsp3) is 0.150. The van der Waals surface area contributed by atoms with Crippen molar-refractivity contribution in [1.82, 2.24) is 9.97 Å². The summed E-state index contributed by atoms with van der Waals surface area (Å²) in [5.41, 5.74) is 4.44. The van der Waals surface area contributed by atoms with Crippen LogP contribution >= 0.6 is 0 Å². The maximum absolute atomic E-state index is 12.3. The lowest BCUT2D eigenvalue weighted by atomic mass is 10.1. The third-order valence-electron chi connectivity index (χ3n) is 3.93. The van der Waals surface area contributed by atoms with Gasteiger partial charge in [0.15, 0.2) is 0 Å². The zero-order valence-corrected chi connectivity index (χ0v) is 14.3. The van der Waals surface area contributed by atoms with E-state index in [0.29, 0.717) is 11.5 Å². The summed E-state index contributed by atoms with van der Waals surface area (Å²) < 4.78 is 0. The molecule has 3 rings (SSSR count). The van der Waals surface area contributed by atoms with Crippen molar-refractivity contribution in [3.8, 4) is 0 Å². The van der Waals surface area contributed by atoms with E-state index < -0.39 is 0 Å². The standard InChI is InChI=1S/C20H20N4O/c1-3-15-8-10-17(11-9-15)23-19(25)16-12-21-20(22-13-16)24-18-7-5-4-6-14(18)2/h4-13H,3H2,1-2H3,(H,23,25)(H,21,22,24). The van der Waals surface area contributed by atoms with Crippen LogP contribution in [0.15, 0.2) is 60.9 Å². The first-order valence-electron chi connectivity index (χ1n) is 8.20. The fourth-order valence-electron chi connectivity index (χ4n) is 2.37. The van der Waals surface area contributed by atoms with Gasteiger partial charge in [-0.15, -0.1) is 0 Å². The molecule has 0 aliphatic carbocycles. The van der Waals surface area contributed by atoms with Crippen LogP contribution in [0.2, 0.25) is 0 Å². The highest BCUT2D eigenvalue weighted by Crippen LogP contribution is 2.17. The molecule has 3 aromatic rings. The average Bonchev–Trinajstić information content (AvgIpc) is 2.65. The van der Waals surface area contributed by atoms with Gasteiger partial charge in [-0.25, -0.2) is 9.97 Å². The van der Waals surface area contributed by atoms with E-state index >= 15 is 0 Å². The van der Waals surface area contributed by atoms with Gasteiger partial charge in [-0.1, -0.05) is 37.3 Å². The number of hydrogen-bond donors (Lipinski definition) is 2. The minimum Gasteiger partial charge on any atom is -0.324 e. The number of anilines is 3. The first-order chi connectivity index (χ1) is 12.2. The highest BCUT2D eigenvalue weighted by molar-refractivity contribution is 6.03. The molecular weight excluding hydrogens is 312 g/mol. The smallest absolute Gasteiger partial charge is 0.258 e. The molecule has 25 heavy (non-hydrogen) atoms. The Labute approximate surface area is 147 Å². The number of benzene rings is 2. The summed E-state index contributed by atoms with van der Waals surface area (Å²) in [6.45, 7) is 4.10. The van der Waals surface area contributed by atoms with Crippen LogP contribution in [0.25, 0.3) is 0 Å². The van der Waals surface area contributed by atoms with E-state index in [4.69, 9.17) is 0 Å². The molecule has 0 aliphatic rings. The number of para-hydroxylation sites is 1. The summed E-state index contributed by atoms with van der Waals surface area (Å²) in [4.78, 5) is 20.7. The van der Waals surface area contributed by atoms with Gasteiger partial charge in [0.05, 0.1) is 5.56 Å². The quantitative estimate of drug-likeness (QED) is 0.729. The topological polar surface area (TPSA) is 66.9 Å². The van der Waals surface area contributed by atoms with Gasteiger partial charge in [0, 0.05) is 23.8 Å². The van der Waals surface area contributed by atoms with Crippen LogP contribution in [-0.4, -0.2) is 15.9 Å². The predicted molar refractivity (Wildman–Crippen MR) is 100 cm³/mol. The molecule has 1 aromatic heterocycles. The second kappa shape index (κ2) is 7.57. The third kappa shape index (κ3) is 4.20. The summed E-state index contributed by atoms with van der Waals surface area (Å²) in [5.74, 6) is 0.227. The summed E-state index contributed by atoms with van der Waals surface area (Å²) >= 11 is 0. The van der Waals surface area contributed by atoms with Crippen molar-refractivity contribution in [2.45, 2.75) is 20.3 Å². The number of carbonyl (C=O) groups excluding carboxylic acids is 1. The number of nitrogens with one attached hydrogen (secondary N) is 2. The Hall–Kier alpha value is -3.21. The zero-order chi connectivity index (χ0) is 17.6. The van der Waals surface area contributed by atoms with Crippen LogP contribution in [0.1, 0.15) is 28.4 Å². The third-order valence-corrected chi connectivity index (χ3v) is 3.93. The number of nitrogens with zero attached hydrogens (tertiary/aromatic N) is 2. The van der Waals surface area contributed by atoms with Crippen LogP contribution in [-0.2, 0) is 6.42 Å². The van der Waals surface area contributed by atoms with Gasteiger partial charge in [-0.05, 0) is 42.7 Å². The molecule has 0 spiro atoms. The second-order valence-electron chi connectivity index (χ2n) is 5.74. The molecule has 2 aromatic carbocycles. The lowest BCUT2D eigenvalue weighted by Crippen LogP contribution is -2.13. The van der Waals surface area contributed by atoms with Crippen molar-refractivity contribution in [2.75, 3.05) is 10.6 Å². The van der Waals surface area contributed by atoms with Crippen LogP contribution in [0.4, 0.5) is 17.3 Å². The number of carbonyl (C=O) groups is 1. The normalized spacial score (nSPS) is 10.3. The van der Waals surface area contributed by atoms with Gasteiger partial charge in [-0.3, -0.25) is 4.79 Å². The molecule has 0 fully saturated rings. The Morgan fingerprint density at radius 1 is 1.00 bits per heavy atom. The summed E-state index contributed by atoms with van der Waals surface area (Å²) in [5, 5.41) is 6.00. The Bertz CT molecular complexity index is 858. The molecule has 0 radical (unpaired) electrons. The molecule has 5 heteroatoms. The molecular formula is C20H20N4O. The summed E-state index contributed by atoms with van der Waals surface area (Å²) in [7, 11) is 0. The summed E-state index contributed by atoms with van der Waals surface area (Å²) in [6, 6.07) is 15.7. The lowest BCUT2D eigenvalue weighted by Gasteiger charge is -2.08. The zero-order valence-electron chi connectivity index (χ0n) is 14.3. The monoisotopic (exact) mass is 332 g/mol. The lowest BCUT2D eigenvalue weighted by molar-refractivity contribution is 0.102. The highest BCUT2D eigenvalue weighted by Gasteiger charge is 2.08. The molecule has 5 nitrogen and oxygen atoms in total. The van der Waals surface area contributed by atoms with Crippen molar-refractivity contribution < 1.29 is 4.79 Å². The first-order valence-corrected chi connectivity index (χ1v) is 8.20. The van der Waals surface area contributed by atoms with Gasteiger partial charge in [-0.2, -0.15) is 0 Å². The minimum atomic E-state index is -0.230. The molecule has 0 saturated heterocycles. The maximum atomic E-state index is 12.3. The van der Waals surface area contributed by atoms with Crippen LogP contribution in [0, 0.1) is 6.92 Å². The van der Waals surface area contributed by atoms with E-state index in [1.165, 1.54) is 18.0 Å². The van der Waals surface area contributed by atoms with Crippen LogP contribution in [0.3, 0.4) is 0 Å². The average molecular weight is 332 g/mol. The van der Waals surface area contributed by atoms with E-state index in [2.05, 4.69) is 27.5 Å². The molecule has 0 saturated carbocycles. The Balaban J connectivity index is 1.66. The van der Waals surface area contributed by atoms with Gasteiger partial charge in [0.25, 0.3) is 5.91 Å². The number of amides is 1. The van der Waals surface area contributed by atoms with E-state index in [1.807, 2.05) is 55.5 Å². The van der Waals surface area contributed by atoms with Gasteiger partial charge >= 0.3 is 0 Å². The molecule has 0 aliphatic heterocycles. The second-order valence-corrected chi connectivity index (χ2v) is 5.74. The van der Waals surface area contributed by atoms with Crippen molar-refractivity contribution in [3.63, 3.8) is 0 Å². The molecule has 1 heterocycles. The molecule has 0 atom stereocenters. The van der Waals surface area contributed by atoms with Crippen molar-refractivity contribution in [1.29, 1.82) is 0 Å². The molecule has 0 unspecified atom stereocenters. The first kappa shape index (κ1) is 16.6. The van der Waals surface area contributed by atoms with E-state index in [0.717, 1.165) is 23.4 Å². The number of aromatic nitrogens is 2. The van der Waals surface area contributed by atoms with Crippen molar-refractivity contribution in [2.24, 2.45) is 0 Å². The Morgan fingerprint density at radius 3 is 2.32 bits per heavy atom. The van der Waals surface area contributed by atoms with Crippen molar-refractivity contribution >= 4 is 23.2 Å². The maximum Gasteiger partial charge on any atom is 0.258 e. The predicted octanol–water partition coefficient (Wildman–Crippen LogP) is 4.34. The number of aryl methyl sites for hydroxylation is 2. The Morgan fingerprint density at radius 2 is 1.68 bits per heavy atom. The highest BCUT2D eigenvalue weighted by atomic mass is 16.1. The Kier molecular flexibility index (Phi) is 5.04. The van der Waals surface area contributed by atoms with Crippen LogP contribution < -0.4 is 10.6 Å². The molecule has 0 bridgehead atoms. The fourth-order valence-corrected chi connectivity index (χ4v) is 2.37. The van der Waals surface area contributed by atoms with Crippen molar-refractivity contribution in [3.05, 3.63) is 77.6 Å². The number of hydrogen-bond acceptors (Lipinski definition) is 4. The van der Waals surface area contributed by atoms with Gasteiger partial charge in [0.1, 0.15) is 0 Å². The molecule has 1 amide bonds.